The fourth-order valence-electron chi connectivity index (χ4n) is 2.18. The van der Waals surface area contributed by atoms with E-state index in [2.05, 4.69) is 4.99 Å². The van der Waals surface area contributed by atoms with E-state index in [1.54, 1.807) is 48.7 Å². The predicted molar refractivity (Wildman–Crippen MR) is 101 cm³/mol. The van der Waals surface area contributed by atoms with E-state index in [0.29, 0.717) is 5.69 Å². The van der Waals surface area contributed by atoms with E-state index in [9.17, 15) is 18.5 Å². The van der Waals surface area contributed by atoms with Crippen molar-refractivity contribution in [1.29, 1.82) is 0 Å². The Hall–Kier alpha value is -3.52. The second-order valence-corrected chi connectivity index (χ2v) is 7.00. The zero-order chi connectivity index (χ0) is 19.3. The minimum Gasteiger partial charge on any atom is -0.379 e. The highest BCUT2D eigenvalue weighted by Gasteiger charge is 2.15. The van der Waals surface area contributed by atoms with E-state index in [0.717, 1.165) is 5.56 Å². The Bertz CT molecular complexity index is 1060. The molecule has 0 heterocycles. The summed E-state index contributed by atoms with van der Waals surface area (Å²) in [6, 6.07) is 20.1. The van der Waals surface area contributed by atoms with Crippen LogP contribution in [0.2, 0.25) is 0 Å². The van der Waals surface area contributed by atoms with Crippen LogP contribution in [0, 0.1) is 10.1 Å². The molecule has 136 valence electrons. The topological polar surface area (TPSA) is 98.9 Å². The van der Waals surface area contributed by atoms with Gasteiger partial charge in [0.05, 0.1) is 10.6 Å². The van der Waals surface area contributed by atoms with Gasteiger partial charge in [-0.05, 0) is 54.1 Å². The van der Waals surface area contributed by atoms with Crippen LogP contribution in [0.25, 0.3) is 0 Å². The van der Waals surface area contributed by atoms with Crippen molar-refractivity contribution in [2.24, 2.45) is 4.99 Å². The Morgan fingerprint density at radius 3 is 2.11 bits per heavy atom. The number of nitrogens with zero attached hydrogens (tertiary/aromatic N) is 2. The van der Waals surface area contributed by atoms with Gasteiger partial charge >= 0.3 is 10.1 Å². The van der Waals surface area contributed by atoms with E-state index >= 15 is 0 Å². The average molecular weight is 382 g/mol. The zero-order valence-corrected chi connectivity index (χ0v) is 14.7. The Kier molecular flexibility index (Phi) is 5.28. The van der Waals surface area contributed by atoms with Gasteiger partial charge in [-0.2, -0.15) is 8.42 Å². The van der Waals surface area contributed by atoms with Crippen molar-refractivity contribution >= 4 is 27.7 Å². The molecule has 3 aromatic carbocycles. The zero-order valence-electron chi connectivity index (χ0n) is 13.9. The van der Waals surface area contributed by atoms with E-state index in [-0.39, 0.29) is 16.3 Å². The van der Waals surface area contributed by atoms with Crippen LogP contribution in [0.3, 0.4) is 0 Å². The van der Waals surface area contributed by atoms with E-state index < -0.39 is 15.0 Å². The summed E-state index contributed by atoms with van der Waals surface area (Å²) in [4.78, 5) is 14.4. The smallest absolute Gasteiger partial charge is 0.339 e. The Labute approximate surface area is 155 Å². The van der Waals surface area contributed by atoms with Gasteiger partial charge in [0.1, 0.15) is 10.6 Å². The van der Waals surface area contributed by atoms with Crippen LogP contribution >= 0.6 is 0 Å². The van der Waals surface area contributed by atoms with Gasteiger partial charge in [-0.1, -0.05) is 18.2 Å². The van der Waals surface area contributed by atoms with Gasteiger partial charge in [0, 0.05) is 18.3 Å². The van der Waals surface area contributed by atoms with Crippen molar-refractivity contribution in [2.45, 2.75) is 4.90 Å². The molecule has 8 heteroatoms. The van der Waals surface area contributed by atoms with Crippen molar-refractivity contribution < 1.29 is 17.5 Å². The van der Waals surface area contributed by atoms with Crippen molar-refractivity contribution in [3.8, 4) is 5.75 Å². The lowest BCUT2D eigenvalue weighted by atomic mass is 10.2. The minimum atomic E-state index is -3.88. The van der Waals surface area contributed by atoms with Crippen LogP contribution in [-0.2, 0) is 10.1 Å². The minimum absolute atomic E-state index is 0.00456. The molecule has 0 saturated carbocycles. The maximum absolute atomic E-state index is 12.2. The fraction of sp³-hybridized carbons (Fsp3) is 0. The second kappa shape index (κ2) is 7.79. The van der Waals surface area contributed by atoms with E-state index in [1.165, 1.54) is 36.4 Å². The van der Waals surface area contributed by atoms with E-state index in [4.69, 9.17) is 4.18 Å². The second-order valence-electron chi connectivity index (χ2n) is 5.45. The van der Waals surface area contributed by atoms with Gasteiger partial charge in [0.15, 0.2) is 0 Å². The summed E-state index contributed by atoms with van der Waals surface area (Å²) >= 11 is 0. The average Bonchev–Trinajstić information content (AvgIpc) is 2.68. The first kappa shape index (κ1) is 18.3. The molecule has 0 spiro atoms. The van der Waals surface area contributed by atoms with Crippen LogP contribution in [0.4, 0.5) is 11.4 Å². The number of nitro benzene ring substituents is 1. The summed E-state index contributed by atoms with van der Waals surface area (Å²) in [5.41, 5.74) is 1.28. The lowest BCUT2D eigenvalue weighted by Crippen LogP contribution is -2.09. The monoisotopic (exact) mass is 382 g/mol. The standard InChI is InChI=1S/C19H14N2O5S/c22-21(23)17-10-8-16(9-11-17)20-14-15-6-12-18(13-7-15)26-27(24,25)19-4-2-1-3-5-19/h1-14H. The molecule has 0 radical (unpaired) electrons. The third kappa shape index (κ3) is 4.77. The highest BCUT2D eigenvalue weighted by atomic mass is 32.2. The van der Waals surface area contributed by atoms with Crippen molar-refractivity contribution in [3.63, 3.8) is 0 Å². The lowest BCUT2D eigenvalue weighted by Gasteiger charge is -2.06. The molecule has 0 aliphatic rings. The molecule has 0 atom stereocenters. The maximum Gasteiger partial charge on any atom is 0.339 e. The van der Waals surface area contributed by atoms with Gasteiger partial charge in [-0.15, -0.1) is 0 Å². The molecule has 0 amide bonds. The number of rotatable bonds is 6. The molecule has 0 N–H and O–H groups in total. The van der Waals surface area contributed by atoms with Crippen LogP contribution in [0.1, 0.15) is 5.56 Å². The van der Waals surface area contributed by atoms with Gasteiger partial charge in [-0.3, -0.25) is 15.1 Å². The number of hydrogen-bond acceptors (Lipinski definition) is 6. The molecule has 0 bridgehead atoms. The molecule has 27 heavy (non-hydrogen) atoms. The van der Waals surface area contributed by atoms with E-state index in [1.807, 2.05) is 0 Å². The fourth-order valence-corrected chi connectivity index (χ4v) is 3.13. The molecule has 3 aromatic rings. The summed E-state index contributed by atoms with van der Waals surface area (Å²) in [5.74, 6) is 0.186. The van der Waals surface area contributed by atoms with Crippen molar-refractivity contribution in [1.82, 2.24) is 0 Å². The molecule has 0 saturated heterocycles. The molecule has 0 aliphatic heterocycles. The molecule has 0 aromatic heterocycles. The Morgan fingerprint density at radius 1 is 0.889 bits per heavy atom. The van der Waals surface area contributed by atoms with Crippen LogP contribution in [0.15, 0.2) is 88.8 Å². The van der Waals surface area contributed by atoms with Crippen molar-refractivity contribution in [3.05, 3.63) is 94.5 Å². The first-order valence-corrected chi connectivity index (χ1v) is 9.23. The van der Waals surface area contributed by atoms with Crippen LogP contribution in [-0.4, -0.2) is 19.6 Å². The quantitative estimate of drug-likeness (QED) is 0.276. The normalized spacial score (nSPS) is 11.4. The molecular weight excluding hydrogens is 368 g/mol. The van der Waals surface area contributed by atoms with Crippen molar-refractivity contribution in [2.75, 3.05) is 0 Å². The summed E-state index contributed by atoms with van der Waals surface area (Å²) in [5, 5.41) is 10.6. The number of aliphatic imine (C=N–C) groups is 1. The predicted octanol–water partition coefficient (Wildman–Crippen LogP) is 4.11. The number of hydrogen-bond donors (Lipinski definition) is 0. The first-order chi connectivity index (χ1) is 12.9. The number of benzene rings is 3. The van der Waals surface area contributed by atoms with Gasteiger partial charge in [0.2, 0.25) is 0 Å². The number of nitro groups is 1. The number of non-ortho nitro benzene ring substituents is 1. The third-order valence-electron chi connectivity index (χ3n) is 3.54. The maximum atomic E-state index is 12.2. The van der Waals surface area contributed by atoms with Crippen LogP contribution < -0.4 is 4.18 Å². The highest BCUT2D eigenvalue weighted by molar-refractivity contribution is 7.87. The lowest BCUT2D eigenvalue weighted by molar-refractivity contribution is -0.384. The molecule has 7 nitrogen and oxygen atoms in total. The molecular formula is C19H14N2O5S. The molecule has 0 fully saturated rings. The first-order valence-electron chi connectivity index (χ1n) is 7.82. The Balaban J connectivity index is 1.69. The third-order valence-corrected chi connectivity index (χ3v) is 4.80. The van der Waals surface area contributed by atoms with Crippen LogP contribution in [0.5, 0.6) is 5.75 Å². The van der Waals surface area contributed by atoms with Gasteiger partial charge < -0.3 is 4.18 Å². The molecule has 0 aliphatic carbocycles. The summed E-state index contributed by atoms with van der Waals surface area (Å²) in [6.45, 7) is 0. The SMILES string of the molecule is O=[N+]([O-])c1ccc(N=Cc2ccc(OS(=O)(=O)c3ccccc3)cc2)cc1. The summed E-state index contributed by atoms with van der Waals surface area (Å²) < 4.78 is 29.5. The summed E-state index contributed by atoms with van der Waals surface area (Å²) in [7, 11) is -3.88. The summed E-state index contributed by atoms with van der Waals surface area (Å²) in [6.07, 6.45) is 1.57. The molecule has 3 rings (SSSR count). The highest BCUT2D eigenvalue weighted by Crippen LogP contribution is 2.20. The Morgan fingerprint density at radius 2 is 1.52 bits per heavy atom. The van der Waals surface area contributed by atoms with Gasteiger partial charge in [-0.25, -0.2) is 0 Å². The van der Waals surface area contributed by atoms with Gasteiger partial charge in [0.25, 0.3) is 5.69 Å². The largest absolute Gasteiger partial charge is 0.379 e. The molecule has 0 unspecified atom stereocenters.